The number of hydrogen-bond acceptors (Lipinski definition) is 0. The summed E-state index contributed by atoms with van der Waals surface area (Å²) in [5, 5.41) is 0.464. The van der Waals surface area contributed by atoms with E-state index in [2.05, 4.69) is 62.6 Å². The van der Waals surface area contributed by atoms with E-state index >= 15 is 0 Å². The topological polar surface area (TPSA) is 4.93 Å². The van der Waals surface area contributed by atoms with Crippen LogP contribution in [-0.2, 0) is 0 Å². The Hall–Kier alpha value is -0.503. The molecule has 0 aliphatic carbocycles. The lowest BCUT2D eigenvalue weighted by Crippen LogP contribution is -2.45. The van der Waals surface area contributed by atoms with Gasteiger partial charge in [-0.05, 0) is 29.6 Å². The highest BCUT2D eigenvalue weighted by Crippen LogP contribution is 2.40. The molecule has 0 atom stereocenters. The average molecular weight is 195 g/mol. The zero-order chi connectivity index (χ0) is 10.1. The largest absolute Gasteiger partial charge is 0.380 e. The molecule has 0 aliphatic heterocycles. The van der Waals surface area contributed by atoms with Crippen LogP contribution in [0.25, 0.3) is 0 Å². The summed E-state index contributed by atoms with van der Waals surface area (Å²) in [6.45, 7) is 11.9. The van der Waals surface area contributed by atoms with Crippen molar-refractivity contribution in [2.75, 3.05) is 0 Å². The van der Waals surface area contributed by atoms with Crippen LogP contribution in [0, 0.1) is 0 Å². The van der Waals surface area contributed by atoms with Crippen molar-refractivity contribution in [1.82, 2.24) is 4.23 Å². The number of aromatic nitrogens is 1. The first-order chi connectivity index (χ1) is 5.92. The van der Waals surface area contributed by atoms with Crippen LogP contribution in [-0.4, -0.2) is 12.5 Å². The first-order valence-electron chi connectivity index (χ1n) is 5.05. The second-order valence-corrected chi connectivity index (χ2v) is 9.87. The van der Waals surface area contributed by atoms with Crippen LogP contribution >= 0.6 is 0 Å². The smallest absolute Gasteiger partial charge is 0.160 e. The second kappa shape index (κ2) is 3.33. The lowest BCUT2D eigenvalue weighted by Gasteiger charge is -2.40. The summed E-state index contributed by atoms with van der Waals surface area (Å²) in [6, 6.07) is 4.25. The molecule has 0 aliphatic rings. The third-order valence-corrected chi connectivity index (χ3v) is 9.05. The van der Waals surface area contributed by atoms with Crippen molar-refractivity contribution in [2.24, 2.45) is 0 Å². The number of nitrogens with zero attached hydrogens (tertiary/aromatic N) is 1. The Bertz CT molecular complexity index is 260. The number of hydrogen-bond donors (Lipinski definition) is 0. The Balaban J connectivity index is 3.02. The summed E-state index contributed by atoms with van der Waals surface area (Å²) >= 11 is 0. The van der Waals surface area contributed by atoms with E-state index in [4.69, 9.17) is 0 Å². The highest BCUT2D eigenvalue weighted by atomic mass is 28.3. The Kier molecular flexibility index (Phi) is 2.71. The van der Waals surface area contributed by atoms with Gasteiger partial charge in [-0.3, -0.25) is 0 Å². The molecule has 0 radical (unpaired) electrons. The Morgan fingerprint density at radius 1 is 1.15 bits per heavy atom. The van der Waals surface area contributed by atoms with Gasteiger partial charge in [0, 0.05) is 0 Å². The maximum absolute atomic E-state index is 2.44. The first kappa shape index (κ1) is 10.6. The van der Waals surface area contributed by atoms with Crippen molar-refractivity contribution >= 4 is 8.24 Å². The van der Waals surface area contributed by atoms with E-state index in [1.54, 1.807) is 0 Å². The van der Waals surface area contributed by atoms with E-state index in [9.17, 15) is 0 Å². The molecule has 0 fully saturated rings. The van der Waals surface area contributed by atoms with Crippen molar-refractivity contribution in [3.8, 4) is 0 Å². The molecule has 2 heteroatoms. The van der Waals surface area contributed by atoms with E-state index in [0.29, 0.717) is 5.04 Å². The van der Waals surface area contributed by atoms with Gasteiger partial charge >= 0.3 is 0 Å². The first-order valence-corrected chi connectivity index (χ1v) is 8.00. The van der Waals surface area contributed by atoms with Crippen molar-refractivity contribution < 1.29 is 0 Å². The molecule has 0 saturated carbocycles. The van der Waals surface area contributed by atoms with Crippen molar-refractivity contribution in [1.29, 1.82) is 0 Å². The van der Waals surface area contributed by atoms with Gasteiger partial charge in [0.1, 0.15) is 0 Å². The van der Waals surface area contributed by atoms with Crippen LogP contribution < -0.4 is 0 Å². The Morgan fingerprint density at radius 2 is 1.62 bits per heavy atom. The Labute approximate surface area is 82.9 Å². The molecule has 1 nitrogen and oxygen atoms in total. The van der Waals surface area contributed by atoms with Crippen molar-refractivity contribution in [3.05, 3.63) is 24.5 Å². The molecule has 0 aromatic carbocycles. The van der Waals surface area contributed by atoms with Crippen molar-refractivity contribution in [2.45, 2.75) is 45.3 Å². The van der Waals surface area contributed by atoms with Gasteiger partial charge in [0.15, 0.2) is 8.24 Å². The molecule has 0 saturated heterocycles. The summed E-state index contributed by atoms with van der Waals surface area (Å²) in [4.78, 5) is 0. The summed E-state index contributed by atoms with van der Waals surface area (Å²) < 4.78 is 2.44. The highest BCUT2D eigenvalue weighted by molar-refractivity contribution is 6.78. The SMILES string of the molecule is CCC(C)(C)[Si](C)(C)n1cccc1. The van der Waals surface area contributed by atoms with Crippen LogP contribution in [0.15, 0.2) is 24.5 Å². The second-order valence-electron chi connectivity index (χ2n) is 4.89. The monoisotopic (exact) mass is 195 g/mol. The molecule has 0 N–H and O–H groups in total. The van der Waals surface area contributed by atoms with E-state index < -0.39 is 8.24 Å². The molecule has 0 spiro atoms. The quantitative estimate of drug-likeness (QED) is 0.648. The maximum Gasteiger partial charge on any atom is 0.160 e. The Morgan fingerprint density at radius 3 is 2.00 bits per heavy atom. The molecule has 0 amide bonds. The summed E-state index contributed by atoms with van der Waals surface area (Å²) in [6.07, 6.45) is 5.68. The maximum atomic E-state index is 2.44. The lowest BCUT2D eigenvalue weighted by molar-refractivity contribution is 0.605. The van der Waals surface area contributed by atoms with Crippen LogP contribution in [0.1, 0.15) is 27.2 Å². The zero-order valence-corrected chi connectivity index (χ0v) is 10.5. The summed E-state index contributed by atoms with van der Waals surface area (Å²) in [5.74, 6) is 0. The minimum atomic E-state index is -1.34. The van der Waals surface area contributed by atoms with Crippen LogP contribution in [0.2, 0.25) is 18.1 Å². The third-order valence-electron chi connectivity index (χ3n) is 3.79. The molecular weight excluding hydrogens is 174 g/mol. The molecule has 0 bridgehead atoms. The molecule has 1 heterocycles. The minimum Gasteiger partial charge on any atom is -0.380 e. The molecule has 74 valence electrons. The molecule has 13 heavy (non-hydrogen) atoms. The van der Waals surface area contributed by atoms with Crippen LogP contribution in [0.5, 0.6) is 0 Å². The average Bonchev–Trinajstić information content (AvgIpc) is 2.56. The van der Waals surface area contributed by atoms with E-state index in [1.165, 1.54) is 6.42 Å². The fourth-order valence-corrected chi connectivity index (χ4v) is 3.97. The lowest BCUT2D eigenvalue weighted by atomic mass is 10.1. The molecular formula is C11H21NSi. The molecule has 1 aromatic heterocycles. The normalized spacial score (nSPS) is 13.3. The van der Waals surface area contributed by atoms with Gasteiger partial charge in [0.2, 0.25) is 0 Å². The van der Waals surface area contributed by atoms with Gasteiger partial charge in [-0.15, -0.1) is 0 Å². The molecule has 1 rings (SSSR count). The minimum absolute atomic E-state index is 0.464. The van der Waals surface area contributed by atoms with Gasteiger partial charge in [0.05, 0.1) is 0 Å². The van der Waals surface area contributed by atoms with Crippen molar-refractivity contribution in [3.63, 3.8) is 0 Å². The van der Waals surface area contributed by atoms with Crippen LogP contribution in [0.3, 0.4) is 0 Å². The molecule has 1 aromatic rings. The van der Waals surface area contributed by atoms with E-state index in [1.807, 2.05) is 0 Å². The van der Waals surface area contributed by atoms with Crippen LogP contribution in [0.4, 0.5) is 0 Å². The van der Waals surface area contributed by atoms with Gasteiger partial charge in [-0.25, -0.2) is 0 Å². The van der Waals surface area contributed by atoms with E-state index in [-0.39, 0.29) is 0 Å². The van der Waals surface area contributed by atoms with Gasteiger partial charge in [0.25, 0.3) is 0 Å². The predicted octanol–water partition coefficient (Wildman–Crippen LogP) is 3.73. The van der Waals surface area contributed by atoms with Gasteiger partial charge < -0.3 is 4.23 Å². The zero-order valence-electron chi connectivity index (χ0n) is 9.46. The number of rotatable bonds is 3. The fourth-order valence-electron chi connectivity index (χ4n) is 1.49. The summed E-state index contributed by atoms with van der Waals surface area (Å²) in [5.41, 5.74) is 0. The fraction of sp³-hybridized carbons (Fsp3) is 0.636. The summed E-state index contributed by atoms with van der Waals surface area (Å²) in [7, 11) is -1.34. The van der Waals surface area contributed by atoms with Gasteiger partial charge in [-0.2, -0.15) is 0 Å². The standard InChI is InChI=1S/C11H21NSi/c1-6-11(2,3)13(4,5)12-9-7-8-10-12/h7-10H,6H2,1-5H3. The van der Waals surface area contributed by atoms with E-state index in [0.717, 1.165) is 0 Å². The molecule has 0 unspecified atom stereocenters. The third kappa shape index (κ3) is 1.73. The van der Waals surface area contributed by atoms with Gasteiger partial charge in [-0.1, -0.05) is 40.3 Å². The predicted molar refractivity (Wildman–Crippen MR) is 61.6 cm³/mol. The highest BCUT2D eigenvalue weighted by Gasteiger charge is 2.39.